The maximum atomic E-state index is 5.53. The smallest absolute Gasteiger partial charge is 0.0782 e. The first-order valence-electron chi connectivity index (χ1n) is 11.1. The Labute approximate surface area is 154 Å². The second-order valence-corrected chi connectivity index (χ2v) is 8.47. The molecular weight excluding hydrogens is 292 g/mol. The van der Waals surface area contributed by atoms with E-state index in [4.69, 9.17) is 5.73 Å². The fraction of sp³-hybridized carbons (Fsp3) is 1.00. The van der Waals surface area contributed by atoms with Crippen molar-refractivity contribution in [3.63, 3.8) is 0 Å². The number of unbranched alkanes of at least 4 members (excludes halogenated alkanes) is 14. The number of rotatable bonds is 19. The Bertz CT molecular complexity index is 238. The molecule has 0 saturated carbocycles. The van der Waals surface area contributed by atoms with Crippen molar-refractivity contribution in [3.05, 3.63) is 0 Å². The lowest BCUT2D eigenvalue weighted by atomic mass is 10.1. The minimum Gasteiger partial charge on any atom is -0.330 e. The van der Waals surface area contributed by atoms with Gasteiger partial charge >= 0.3 is 0 Å². The monoisotopic (exact) mass is 341 g/mol. The van der Waals surface area contributed by atoms with E-state index in [2.05, 4.69) is 21.0 Å². The van der Waals surface area contributed by atoms with Gasteiger partial charge in [-0.05, 0) is 38.6 Å². The summed E-state index contributed by atoms with van der Waals surface area (Å²) in [6, 6.07) is 0. The molecule has 0 aromatic rings. The van der Waals surface area contributed by atoms with E-state index in [0.29, 0.717) is 0 Å². The van der Waals surface area contributed by atoms with Crippen LogP contribution in [0.2, 0.25) is 0 Å². The Kier molecular flexibility index (Phi) is 17.7. The predicted octanol–water partition coefficient (Wildman–Crippen LogP) is 6.28. The molecule has 0 aromatic heterocycles. The van der Waals surface area contributed by atoms with E-state index in [0.717, 1.165) is 6.54 Å². The fourth-order valence-electron chi connectivity index (χ4n) is 3.53. The molecule has 2 N–H and O–H groups in total. The third-order valence-corrected chi connectivity index (χ3v) is 5.33. The van der Waals surface area contributed by atoms with Gasteiger partial charge in [0.2, 0.25) is 0 Å². The van der Waals surface area contributed by atoms with E-state index in [9.17, 15) is 0 Å². The predicted molar refractivity (Wildman–Crippen MR) is 110 cm³/mol. The van der Waals surface area contributed by atoms with Gasteiger partial charge < -0.3 is 10.2 Å². The van der Waals surface area contributed by atoms with E-state index in [1.54, 1.807) is 0 Å². The van der Waals surface area contributed by atoms with E-state index in [-0.39, 0.29) is 0 Å². The average molecular weight is 342 g/mol. The Morgan fingerprint density at radius 3 is 1.21 bits per heavy atom. The van der Waals surface area contributed by atoms with Gasteiger partial charge in [-0.15, -0.1) is 0 Å². The molecule has 0 rings (SSSR count). The summed E-state index contributed by atoms with van der Waals surface area (Å²) in [5, 5.41) is 0. The second kappa shape index (κ2) is 17.7. The molecule has 0 saturated heterocycles. The van der Waals surface area contributed by atoms with E-state index >= 15 is 0 Å². The molecule has 0 aromatic carbocycles. The molecule has 24 heavy (non-hydrogen) atoms. The molecule has 0 fully saturated rings. The van der Waals surface area contributed by atoms with Gasteiger partial charge in [0, 0.05) is 0 Å². The Balaban J connectivity index is 3.31. The van der Waals surface area contributed by atoms with Crippen LogP contribution >= 0.6 is 0 Å². The van der Waals surface area contributed by atoms with Crippen LogP contribution in [0, 0.1) is 0 Å². The van der Waals surface area contributed by atoms with Gasteiger partial charge in [-0.1, -0.05) is 77.6 Å². The highest BCUT2D eigenvalue weighted by molar-refractivity contribution is 4.49. The largest absolute Gasteiger partial charge is 0.330 e. The summed E-state index contributed by atoms with van der Waals surface area (Å²) in [7, 11) is 4.84. The SMILES string of the molecule is CCCCCCCCCCCC[N+](C)(C)CCCCCCCCN. The molecule has 0 heterocycles. The summed E-state index contributed by atoms with van der Waals surface area (Å²) in [5.41, 5.74) is 5.53. The molecule has 0 amide bonds. The third kappa shape index (κ3) is 18.3. The molecule has 146 valence electrons. The lowest BCUT2D eigenvalue weighted by molar-refractivity contribution is -0.890. The van der Waals surface area contributed by atoms with Gasteiger partial charge in [0.15, 0.2) is 0 Å². The van der Waals surface area contributed by atoms with Crippen LogP contribution < -0.4 is 5.73 Å². The van der Waals surface area contributed by atoms with Gasteiger partial charge in [0.05, 0.1) is 27.2 Å². The minimum atomic E-state index is 0.864. The van der Waals surface area contributed by atoms with E-state index in [1.165, 1.54) is 120 Å². The van der Waals surface area contributed by atoms with Gasteiger partial charge in [-0.3, -0.25) is 0 Å². The zero-order valence-electron chi connectivity index (χ0n) is 17.5. The molecular formula is C22H49N2+. The summed E-state index contributed by atoms with van der Waals surface area (Å²) in [5.74, 6) is 0. The molecule has 0 radical (unpaired) electrons. The van der Waals surface area contributed by atoms with Crippen LogP contribution in [0.15, 0.2) is 0 Å². The number of quaternary nitrogens is 1. The van der Waals surface area contributed by atoms with E-state index in [1.807, 2.05) is 0 Å². The van der Waals surface area contributed by atoms with Crippen molar-refractivity contribution in [2.75, 3.05) is 33.7 Å². The van der Waals surface area contributed by atoms with Crippen LogP contribution in [-0.4, -0.2) is 38.2 Å². The lowest BCUT2D eigenvalue weighted by Crippen LogP contribution is -2.41. The number of nitrogens with zero attached hydrogens (tertiary/aromatic N) is 1. The molecule has 0 aliphatic carbocycles. The van der Waals surface area contributed by atoms with Crippen molar-refractivity contribution in [1.29, 1.82) is 0 Å². The maximum Gasteiger partial charge on any atom is 0.0782 e. The molecule has 0 spiro atoms. The second-order valence-electron chi connectivity index (χ2n) is 8.47. The van der Waals surface area contributed by atoms with Crippen molar-refractivity contribution >= 4 is 0 Å². The molecule has 2 nitrogen and oxygen atoms in total. The third-order valence-electron chi connectivity index (χ3n) is 5.33. The van der Waals surface area contributed by atoms with Crippen LogP contribution in [0.3, 0.4) is 0 Å². The zero-order valence-corrected chi connectivity index (χ0v) is 17.5. The van der Waals surface area contributed by atoms with E-state index < -0.39 is 0 Å². The lowest BCUT2D eigenvalue weighted by Gasteiger charge is -2.30. The first kappa shape index (κ1) is 23.9. The fourth-order valence-corrected chi connectivity index (χ4v) is 3.53. The highest BCUT2D eigenvalue weighted by atomic mass is 15.3. The maximum absolute atomic E-state index is 5.53. The van der Waals surface area contributed by atoms with Crippen LogP contribution in [0.5, 0.6) is 0 Å². The summed E-state index contributed by atoms with van der Waals surface area (Å²) in [6.45, 7) is 5.88. The van der Waals surface area contributed by atoms with Gasteiger partial charge in [0.1, 0.15) is 0 Å². The molecule has 2 heteroatoms. The van der Waals surface area contributed by atoms with Crippen molar-refractivity contribution < 1.29 is 4.48 Å². The number of nitrogens with two attached hydrogens (primary N) is 1. The first-order valence-corrected chi connectivity index (χ1v) is 11.1. The summed E-state index contributed by atoms with van der Waals surface area (Å²) < 4.78 is 1.22. The van der Waals surface area contributed by atoms with Crippen LogP contribution in [-0.2, 0) is 0 Å². The standard InChI is InChI=1S/C22H49N2/c1-4-5-6-7-8-9-10-12-15-18-21-24(2,3)22-19-16-13-11-14-17-20-23/h4-23H2,1-3H3/q+1. The first-order chi connectivity index (χ1) is 11.6. The van der Waals surface area contributed by atoms with Crippen LogP contribution in [0.1, 0.15) is 110 Å². The minimum absolute atomic E-state index is 0.864. The quantitative estimate of drug-likeness (QED) is 0.217. The van der Waals surface area contributed by atoms with Gasteiger partial charge in [-0.2, -0.15) is 0 Å². The summed E-state index contributed by atoms with van der Waals surface area (Å²) >= 11 is 0. The molecule has 0 aliphatic heterocycles. The number of hydrogen-bond donors (Lipinski definition) is 1. The molecule has 0 bridgehead atoms. The van der Waals surface area contributed by atoms with Crippen molar-refractivity contribution in [3.8, 4) is 0 Å². The van der Waals surface area contributed by atoms with Crippen molar-refractivity contribution in [2.45, 2.75) is 110 Å². The molecule has 0 aliphatic rings. The summed E-state index contributed by atoms with van der Waals surface area (Å²) in [6.07, 6.45) is 22.5. The average Bonchev–Trinajstić information content (AvgIpc) is 2.55. The Morgan fingerprint density at radius 1 is 0.500 bits per heavy atom. The zero-order chi connectivity index (χ0) is 17.9. The van der Waals surface area contributed by atoms with Gasteiger partial charge in [-0.25, -0.2) is 0 Å². The molecule has 0 unspecified atom stereocenters. The van der Waals surface area contributed by atoms with Gasteiger partial charge in [0.25, 0.3) is 0 Å². The molecule has 0 atom stereocenters. The van der Waals surface area contributed by atoms with Crippen molar-refractivity contribution in [1.82, 2.24) is 0 Å². The highest BCUT2D eigenvalue weighted by Crippen LogP contribution is 2.13. The number of hydrogen-bond acceptors (Lipinski definition) is 1. The Hall–Kier alpha value is -0.0800. The Morgan fingerprint density at radius 2 is 0.833 bits per heavy atom. The summed E-state index contributed by atoms with van der Waals surface area (Å²) in [4.78, 5) is 0. The van der Waals surface area contributed by atoms with Crippen LogP contribution in [0.25, 0.3) is 0 Å². The normalized spacial score (nSPS) is 12.0. The highest BCUT2D eigenvalue weighted by Gasteiger charge is 2.13. The van der Waals surface area contributed by atoms with Crippen molar-refractivity contribution in [2.24, 2.45) is 5.73 Å². The topological polar surface area (TPSA) is 26.0 Å². The van der Waals surface area contributed by atoms with Crippen LogP contribution in [0.4, 0.5) is 0 Å².